The van der Waals surface area contributed by atoms with E-state index in [4.69, 9.17) is 21.1 Å². The van der Waals surface area contributed by atoms with Gasteiger partial charge in [0.2, 0.25) is 0 Å². The lowest BCUT2D eigenvalue weighted by Gasteiger charge is -2.14. The number of sulfonamides is 1. The molecule has 0 bridgehead atoms. The molecule has 0 heterocycles. The van der Waals surface area contributed by atoms with Crippen LogP contribution in [-0.4, -0.2) is 33.5 Å². The van der Waals surface area contributed by atoms with E-state index < -0.39 is 21.9 Å². The third kappa shape index (κ3) is 6.27. The highest BCUT2D eigenvalue weighted by molar-refractivity contribution is 7.92. The van der Waals surface area contributed by atoms with Crippen molar-refractivity contribution in [2.75, 3.05) is 23.3 Å². The minimum absolute atomic E-state index is 0.0909. The maximum Gasteiger partial charge on any atom is 0.338 e. The first-order valence-electron chi connectivity index (χ1n) is 10.4. The van der Waals surface area contributed by atoms with Crippen LogP contribution in [0.1, 0.15) is 34.6 Å². The van der Waals surface area contributed by atoms with Gasteiger partial charge in [-0.2, -0.15) is 0 Å². The highest BCUT2D eigenvalue weighted by Crippen LogP contribution is 2.29. The van der Waals surface area contributed by atoms with Gasteiger partial charge in [-0.25, -0.2) is 13.2 Å². The largest absolute Gasteiger partial charge is 0.492 e. The molecule has 0 aliphatic rings. The first-order chi connectivity index (χ1) is 16.2. The second kappa shape index (κ2) is 11.0. The van der Waals surface area contributed by atoms with Gasteiger partial charge in [0.25, 0.3) is 15.9 Å². The first-order valence-corrected chi connectivity index (χ1v) is 12.2. The second-order valence-electron chi connectivity index (χ2n) is 6.96. The zero-order valence-corrected chi connectivity index (χ0v) is 20.1. The topological polar surface area (TPSA) is 111 Å². The molecule has 0 aromatic heterocycles. The number of benzene rings is 3. The van der Waals surface area contributed by atoms with Gasteiger partial charge in [0, 0.05) is 16.3 Å². The molecule has 1 amide bonds. The fourth-order valence-electron chi connectivity index (χ4n) is 2.98. The Morgan fingerprint density at radius 3 is 2.29 bits per heavy atom. The van der Waals surface area contributed by atoms with Gasteiger partial charge in [-0.1, -0.05) is 17.7 Å². The molecule has 10 heteroatoms. The van der Waals surface area contributed by atoms with Gasteiger partial charge in [-0.3, -0.25) is 9.52 Å². The molecular weight excluding hydrogens is 480 g/mol. The van der Waals surface area contributed by atoms with Crippen molar-refractivity contribution in [3.63, 3.8) is 0 Å². The smallest absolute Gasteiger partial charge is 0.338 e. The molecular formula is C24H23ClN2O6S. The summed E-state index contributed by atoms with van der Waals surface area (Å²) in [7, 11) is -4.01. The number of anilines is 2. The Morgan fingerprint density at radius 1 is 0.912 bits per heavy atom. The van der Waals surface area contributed by atoms with E-state index in [9.17, 15) is 18.0 Å². The normalized spacial score (nSPS) is 10.9. The van der Waals surface area contributed by atoms with E-state index in [0.29, 0.717) is 28.5 Å². The fourth-order valence-corrected chi connectivity index (χ4v) is 4.26. The van der Waals surface area contributed by atoms with Crippen LogP contribution in [0.15, 0.2) is 71.6 Å². The lowest BCUT2D eigenvalue weighted by molar-refractivity contribution is 0.0526. The molecule has 0 fully saturated rings. The molecule has 3 aromatic rings. The molecule has 0 saturated heterocycles. The number of ether oxygens (including phenoxy) is 2. The van der Waals surface area contributed by atoms with Gasteiger partial charge in [-0.05, 0) is 74.5 Å². The summed E-state index contributed by atoms with van der Waals surface area (Å²) in [5, 5.41) is 3.08. The Kier molecular flexibility index (Phi) is 8.14. The van der Waals surface area contributed by atoms with Gasteiger partial charge in [0.1, 0.15) is 5.75 Å². The van der Waals surface area contributed by atoms with E-state index in [1.807, 2.05) is 0 Å². The van der Waals surface area contributed by atoms with E-state index in [-0.39, 0.29) is 22.9 Å². The maximum absolute atomic E-state index is 13.0. The van der Waals surface area contributed by atoms with E-state index in [1.54, 1.807) is 32.0 Å². The third-order valence-corrected chi connectivity index (χ3v) is 6.16. The average molecular weight is 503 g/mol. The monoisotopic (exact) mass is 502 g/mol. The molecule has 2 N–H and O–H groups in total. The van der Waals surface area contributed by atoms with Crippen LogP contribution in [0.4, 0.5) is 11.4 Å². The molecule has 0 aliphatic heterocycles. The molecule has 34 heavy (non-hydrogen) atoms. The molecule has 8 nitrogen and oxygen atoms in total. The predicted octanol–water partition coefficient (Wildman–Crippen LogP) is 4.97. The zero-order valence-electron chi connectivity index (χ0n) is 18.5. The number of nitrogens with one attached hydrogen (secondary N) is 2. The molecule has 0 radical (unpaired) electrons. The van der Waals surface area contributed by atoms with Gasteiger partial charge >= 0.3 is 5.97 Å². The van der Waals surface area contributed by atoms with Crippen LogP contribution < -0.4 is 14.8 Å². The Labute approximate surface area is 202 Å². The number of carbonyl (C=O) groups excluding carboxylic acids is 2. The summed E-state index contributed by atoms with van der Waals surface area (Å²) < 4.78 is 38.9. The molecule has 178 valence electrons. The predicted molar refractivity (Wildman–Crippen MR) is 130 cm³/mol. The highest BCUT2D eigenvalue weighted by Gasteiger charge is 2.19. The van der Waals surface area contributed by atoms with Crippen LogP contribution in [0.5, 0.6) is 5.75 Å². The molecule has 0 saturated carbocycles. The first kappa shape index (κ1) is 25.1. The molecule has 0 unspecified atom stereocenters. The van der Waals surface area contributed by atoms with Crippen molar-refractivity contribution < 1.29 is 27.5 Å². The summed E-state index contributed by atoms with van der Waals surface area (Å²) in [6.45, 7) is 4.02. The molecule has 0 spiro atoms. The summed E-state index contributed by atoms with van der Waals surface area (Å²) in [5.74, 6) is -0.653. The fraction of sp³-hybridized carbons (Fsp3) is 0.167. The van der Waals surface area contributed by atoms with Crippen LogP contribution in [0.25, 0.3) is 0 Å². The molecule has 0 atom stereocenters. The van der Waals surface area contributed by atoms with Gasteiger partial charge in [0.15, 0.2) is 0 Å². The van der Waals surface area contributed by atoms with Crippen molar-refractivity contribution in [2.24, 2.45) is 0 Å². The van der Waals surface area contributed by atoms with Crippen LogP contribution in [0.2, 0.25) is 5.02 Å². The number of carbonyl (C=O) groups is 2. The minimum atomic E-state index is -4.01. The number of hydrogen-bond acceptors (Lipinski definition) is 6. The lowest BCUT2D eigenvalue weighted by atomic mass is 10.2. The van der Waals surface area contributed by atoms with Crippen LogP contribution in [-0.2, 0) is 14.8 Å². The number of amides is 1. The number of rotatable bonds is 9. The van der Waals surface area contributed by atoms with Crippen molar-refractivity contribution in [1.82, 2.24) is 0 Å². The van der Waals surface area contributed by atoms with Gasteiger partial charge in [-0.15, -0.1) is 0 Å². The summed E-state index contributed by atoms with van der Waals surface area (Å²) in [6, 6.07) is 16.4. The van der Waals surface area contributed by atoms with E-state index in [0.717, 1.165) is 0 Å². The van der Waals surface area contributed by atoms with Gasteiger partial charge in [0.05, 0.1) is 29.4 Å². The molecule has 3 rings (SSSR count). The zero-order chi connectivity index (χ0) is 24.7. The number of hydrogen-bond donors (Lipinski definition) is 2. The van der Waals surface area contributed by atoms with Crippen molar-refractivity contribution in [3.05, 3.63) is 82.9 Å². The Morgan fingerprint density at radius 2 is 1.65 bits per heavy atom. The Hall–Kier alpha value is -3.56. The summed E-state index contributed by atoms with van der Waals surface area (Å²) in [5.41, 5.74) is 1.05. The van der Waals surface area contributed by atoms with E-state index >= 15 is 0 Å². The van der Waals surface area contributed by atoms with Crippen LogP contribution in [0, 0.1) is 0 Å². The molecule has 3 aromatic carbocycles. The Bertz CT molecular complexity index is 1290. The Balaban J connectivity index is 1.85. The second-order valence-corrected chi connectivity index (χ2v) is 9.08. The third-order valence-electron chi connectivity index (χ3n) is 4.54. The van der Waals surface area contributed by atoms with E-state index in [1.165, 1.54) is 48.5 Å². The van der Waals surface area contributed by atoms with Crippen molar-refractivity contribution in [1.29, 1.82) is 0 Å². The van der Waals surface area contributed by atoms with Crippen LogP contribution in [0.3, 0.4) is 0 Å². The summed E-state index contributed by atoms with van der Waals surface area (Å²) >= 11 is 5.96. The van der Waals surface area contributed by atoms with Gasteiger partial charge < -0.3 is 14.8 Å². The summed E-state index contributed by atoms with van der Waals surface area (Å²) in [4.78, 5) is 24.4. The van der Waals surface area contributed by atoms with Crippen molar-refractivity contribution in [2.45, 2.75) is 18.7 Å². The minimum Gasteiger partial charge on any atom is -0.492 e. The number of esters is 1. The SMILES string of the molecule is CCOC(=O)c1ccc(NS(=O)(=O)c2ccc(OCC)c(NC(=O)c3cccc(Cl)c3)c2)cc1. The average Bonchev–Trinajstić information content (AvgIpc) is 2.80. The lowest BCUT2D eigenvalue weighted by Crippen LogP contribution is -2.16. The quantitative estimate of drug-likeness (QED) is 0.400. The molecule has 0 aliphatic carbocycles. The van der Waals surface area contributed by atoms with Crippen LogP contribution >= 0.6 is 11.6 Å². The standard InChI is InChI=1S/C24H23ClN2O6S/c1-3-32-22-13-12-20(15-21(22)26-23(28)17-6-5-7-18(25)14-17)34(30,31)27-19-10-8-16(9-11-19)24(29)33-4-2/h5-15,27H,3-4H2,1-2H3,(H,26,28). The maximum atomic E-state index is 13.0. The summed E-state index contributed by atoms with van der Waals surface area (Å²) in [6.07, 6.45) is 0. The van der Waals surface area contributed by atoms with E-state index in [2.05, 4.69) is 10.0 Å². The van der Waals surface area contributed by atoms with Crippen molar-refractivity contribution in [3.8, 4) is 5.75 Å². The van der Waals surface area contributed by atoms with Crippen molar-refractivity contribution >= 4 is 44.9 Å². The highest BCUT2D eigenvalue weighted by atomic mass is 35.5. The number of halogens is 1.